The Labute approximate surface area is 109 Å². The van der Waals surface area contributed by atoms with Gasteiger partial charge in [0.25, 0.3) is 0 Å². The molecule has 3 N–H and O–H groups in total. The molecule has 1 spiro atoms. The molecule has 0 saturated carbocycles. The van der Waals surface area contributed by atoms with Crippen LogP contribution in [0.4, 0.5) is 4.79 Å². The van der Waals surface area contributed by atoms with E-state index in [4.69, 9.17) is 4.74 Å². The second kappa shape index (κ2) is 5.89. The summed E-state index contributed by atoms with van der Waals surface area (Å²) in [5.41, 5.74) is -0.125. The molecule has 104 valence electrons. The number of urea groups is 1. The summed E-state index contributed by atoms with van der Waals surface area (Å²) >= 11 is 0. The quantitative estimate of drug-likeness (QED) is 0.700. The van der Waals surface area contributed by atoms with E-state index in [0.29, 0.717) is 12.5 Å². The first-order valence-electron chi connectivity index (χ1n) is 7.01. The second-order valence-electron chi connectivity index (χ2n) is 5.75. The van der Waals surface area contributed by atoms with Gasteiger partial charge >= 0.3 is 6.03 Å². The molecule has 18 heavy (non-hydrogen) atoms. The van der Waals surface area contributed by atoms with E-state index in [-0.39, 0.29) is 17.7 Å². The van der Waals surface area contributed by atoms with E-state index in [2.05, 4.69) is 29.8 Å². The molecule has 5 heteroatoms. The van der Waals surface area contributed by atoms with Crippen LogP contribution < -0.4 is 16.0 Å². The molecule has 1 unspecified atom stereocenters. The zero-order chi connectivity index (χ0) is 13.0. The SMILES string of the molecule is CC(C)CNC(=O)NC1CCOC12CCNCC2. The standard InChI is InChI=1S/C13H25N3O2/c1-10(2)9-15-12(17)16-11-3-8-18-13(11)4-6-14-7-5-13/h10-11,14H,3-9H2,1-2H3,(H2,15,16,17). The van der Waals surface area contributed by atoms with Crippen LogP contribution >= 0.6 is 0 Å². The van der Waals surface area contributed by atoms with Gasteiger partial charge in [0.05, 0.1) is 11.6 Å². The lowest BCUT2D eigenvalue weighted by molar-refractivity contribution is -0.0316. The highest BCUT2D eigenvalue weighted by Gasteiger charge is 2.45. The van der Waals surface area contributed by atoms with Gasteiger partial charge < -0.3 is 20.7 Å². The van der Waals surface area contributed by atoms with Gasteiger partial charge in [-0.05, 0) is 38.3 Å². The maximum absolute atomic E-state index is 11.8. The highest BCUT2D eigenvalue weighted by Crippen LogP contribution is 2.34. The highest BCUT2D eigenvalue weighted by atomic mass is 16.5. The molecular weight excluding hydrogens is 230 g/mol. The number of hydrogen-bond acceptors (Lipinski definition) is 3. The fourth-order valence-corrected chi connectivity index (χ4v) is 2.80. The Morgan fingerprint density at radius 1 is 1.44 bits per heavy atom. The normalized spacial score (nSPS) is 26.5. The molecule has 0 aromatic carbocycles. The van der Waals surface area contributed by atoms with Crippen LogP contribution in [0.3, 0.4) is 0 Å². The molecule has 0 aliphatic carbocycles. The van der Waals surface area contributed by atoms with Crippen molar-refractivity contribution in [2.45, 2.75) is 44.8 Å². The predicted octanol–water partition coefficient (Wildman–Crippen LogP) is 0.853. The molecule has 0 radical (unpaired) electrons. The van der Waals surface area contributed by atoms with Crippen molar-refractivity contribution in [2.24, 2.45) is 5.92 Å². The average Bonchev–Trinajstić information content (AvgIpc) is 2.71. The van der Waals surface area contributed by atoms with E-state index in [1.807, 2.05) is 0 Å². The number of hydrogen-bond donors (Lipinski definition) is 3. The zero-order valence-corrected chi connectivity index (χ0v) is 11.4. The third-order valence-corrected chi connectivity index (χ3v) is 3.86. The van der Waals surface area contributed by atoms with Crippen LogP contribution in [0, 0.1) is 5.92 Å². The molecule has 1 atom stereocenters. The van der Waals surface area contributed by atoms with Crippen LogP contribution in [0.15, 0.2) is 0 Å². The van der Waals surface area contributed by atoms with E-state index in [1.165, 1.54) is 0 Å². The maximum atomic E-state index is 11.8. The number of amides is 2. The summed E-state index contributed by atoms with van der Waals surface area (Å²) in [6.07, 6.45) is 2.90. The highest BCUT2D eigenvalue weighted by molar-refractivity contribution is 5.74. The van der Waals surface area contributed by atoms with Crippen LogP contribution in [0.5, 0.6) is 0 Å². The van der Waals surface area contributed by atoms with Gasteiger partial charge in [0.15, 0.2) is 0 Å². The molecule has 2 aliphatic rings. The summed E-state index contributed by atoms with van der Waals surface area (Å²) in [6.45, 7) is 7.61. The molecule has 5 nitrogen and oxygen atoms in total. The van der Waals surface area contributed by atoms with Crippen molar-refractivity contribution in [1.29, 1.82) is 0 Å². The van der Waals surface area contributed by atoms with Crippen LogP contribution in [0.2, 0.25) is 0 Å². The predicted molar refractivity (Wildman–Crippen MR) is 70.6 cm³/mol. The summed E-state index contributed by atoms with van der Waals surface area (Å²) in [4.78, 5) is 11.8. The fourth-order valence-electron chi connectivity index (χ4n) is 2.80. The molecule has 0 bridgehead atoms. The first-order chi connectivity index (χ1) is 8.62. The van der Waals surface area contributed by atoms with Crippen LogP contribution in [-0.4, -0.2) is 43.9 Å². The van der Waals surface area contributed by atoms with E-state index in [0.717, 1.165) is 39.0 Å². The average molecular weight is 255 g/mol. The van der Waals surface area contributed by atoms with E-state index in [1.54, 1.807) is 0 Å². The number of nitrogens with one attached hydrogen (secondary N) is 3. The van der Waals surface area contributed by atoms with Gasteiger partial charge in [-0.25, -0.2) is 4.79 Å². The number of piperidine rings is 1. The van der Waals surface area contributed by atoms with Gasteiger partial charge in [-0.15, -0.1) is 0 Å². The molecule has 2 heterocycles. The van der Waals surface area contributed by atoms with Gasteiger partial charge in [-0.1, -0.05) is 13.8 Å². The molecule has 0 aromatic heterocycles. The van der Waals surface area contributed by atoms with E-state index >= 15 is 0 Å². The lowest BCUT2D eigenvalue weighted by Crippen LogP contribution is -2.56. The monoisotopic (exact) mass is 255 g/mol. The third kappa shape index (κ3) is 3.14. The van der Waals surface area contributed by atoms with Crippen molar-refractivity contribution < 1.29 is 9.53 Å². The smallest absolute Gasteiger partial charge is 0.315 e. The molecule has 2 amide bonds. The lowest BCUT2D eigenvalue weighted by Gasteiger charge is -2.38. The summed E-state index contributed by atoms with van der Waals surface area (Å²) in [5.74, 6) is 0.475. The van der Waals surface area contributed by atoms with Gasteiger partial charge in [0.2, 0.25) is 0 Å². The Bertz CT molecular complexity index is 288. The summed E-state index contributed by atoms with van der Waals surface area (Å²) in [5, 5.41) is 9.34. The summed E-state index contributed by atoms with van der Waals surface area (Å²) in [6, 6.07) is 0.101. The van der Waals surface area contributed by atoms with Crippen LogP contribution in [-0.2, 0) is 4.74 Å². The number of rotatable bonds is 3. The van der Waals surface area contributed by atoms with Gasteiger partial charge in [-0.3, -0.25) is 0 Å². The second-order valence-corrected chi connectivity index (χ2v) is 5.75. The minimum atomic E-state index is -0.125. The third-order valence-electron chi connectivity index (χ3n) is 3.86. The van der Waals surface area contributed by atoms with Crippen LogP contribution in [0.25, 0.3) is 0 Å². The Morgan fingerprint density at radius 3 is 2.83 bits per heavy atom. The van der Waals surface area contributed by atoms with Crippen LogP contribution in [0.1, 0.15) is 33.1 Å². The maximum Gasteiger partial charge on any atom is 0.315 e. The number of carbonyl (C=O) groups is 1. The molecule has 2 rings (SSSR count). The molecule has 2 aliphatic heterocycles. The summed E-state index contributed by atoms with van der Waals surface area (Å²) in [7, 11) is 0. The first kappa shape index (κ1) is 13.6. The first-order valence-corrected chi connectivity index (χ1v) is 7.01. The van der Waals surface area contributed by atoms with E-state index in [9.17, 15) is 4.79 Å². The van der Waals surface area contributed by atoms with Gasteiger partial charge in [-0.2, -0.15) is 0 Å². The van der Waals surface area contributed by atoms with Crippen molar-refractivity contribution in [3.63, 3.8) is 0 Å². The topological polar surface area (TPSA) is 62.4 Å². The zero-order valence-electron chi connectivity index (χ0n) is 11.4. The molecule has 0 aromatic rings. The molecule has 2 fully saturated rings. The molecular formula is C13H25N3O2. The summed E-state index contributed by atoms with van der Waals surface area (Å²) < 4.78 is 5.94. The van der Waals surface area contributed by atoms with Crippen molar-refractivity contribution in [2.75, 3.05) is 26.2 Å². The Balaban J connectivity index is 1.85. The lowest BCUT2D eigenvalue weighted by atomic mass is 9.85. The Kier molecular flexibility index (Phi) is 4.45. The van der Waals surface area contributed by atoms with Crippen molar-refractivity contribution >= 4 is 6.03 Å². The van der Waals surface area contributed by atoms with Crippen molar-refractivity contribution in [3.8, 4) is 0 Å². The van der Waals surface area contributed by atoms with Crippen molar-refractivity contribution in [1.82, 2.24) is 16.0 Å². The Hall–Kier alpha value is -0.810. The largest absolute Gasteiger partial charge is 0.373 e. The van der Waals surface area contributed by atoms with E-state index < -0.39 is 0 Å². The minimum Gasteiger partial charge on any atom is -0.373 e. The molecule has 2 saturated heterocycles. The number of ether oxygens (including phenoxy) is 1. The Morgan fingerprint density at radius 2 is 2.17 bits per heavy atom. The fraction of sp³-hybridized carbons (Fsp3) is 0.923. The van der Waals surface area contributed by atoms with Gasteiger partial charge in [0, 0.05) is 13.2 Å². The minimum absolute atomic E-state index is 0.0582. The van der Waals surface area contributed by atoms with Gasteiger partial charge in [0.1, 0.15) is 0 Å². The van der Waals surface area contributed by atoms with Crippen molar-refractivity contribution in [3.05, 3.63) is 0 Å². The number of carbonyl (C=O) groups excluding carboxylic acids is 1.